The number of hydrogen-bond donors (Lipinski definition) is 1. The molecule has 0 saturated carbocycles. The van der Waals surface area contributed by atoms with E-state index in [4.69, 9.17) is 0 Å². The van der Waals surface area contributed by atoms with Crippen molar-refractivity contribution in [2.75, 3.05) is 14.1 Å². The SMILES string of the molecule is CN(C)S(=O)(=O)c1ccc(CCC(=O)NCc2cccnc2)cc1. The summed E-state index contributed by atoms with van der Waals surface area (Å²) in [6, 6.07) is 10.3. The van der Waals surface area contributed by atoms with Crippen molar-refractivity contribution in [3.8, 4) is 0 Å². The maximum atomic E-state index is 12.0. The second-order valence-electron chi connectivity index (χ2n) is 5.57. The van der Waals surface area contributed by atoms with Gasteiger partial charge in [0.2, 0.25) is 15.9 Å². The van der Waals surface area contributed by atoms with Crippen molar-refractivity contribution in [3.63, 3.8) is 0 Å². The Morgan fingerprint density at radius 1 is 1.12 bits per heavy atom. The number of amides is 1. The third kappa shape index (κ3) is 4.87. The van der Waals surface area contributed by atoms with Crippen LogP contribution in [0.2, 0.25) is 0 Å². The molecule has 1 N–H and O–H groups in total. The average Bonchev–Trinajstić information content (AvgIpc) is 2.59. The van der Waals surface area contributed by atoms with Crippen molar-refractivity contribution in [2.45, 2.75) is 24.3 Å². The highest BCUT2D eigenvalue weighted by atomic mass is 32.2. The number of pyridine rings is 1. The second-order valence-corrected chi connectivity index (χ2v) is 7.72. The van der Waals surface area contributed by atoms with Crippen molar-refractivity contribution in [3.05, 3.63) is 59.9 Å². The van der Waals surface area contributed by atoms with Crippen LogP contribution in [0.4, 0.5) is 0 Å². The summed E-state index contributed by atoms with van der Waals surface area (Å²) >= 11 is 0. The number of rotatable bonds is 7. The highest BCUT2D eigenvalue weighted by molar-refractivity contribution is 7.89. The Balaban J connectivity index is 1.85. The van der Waals surface area contributed by atoms with E-state index in [0.29, 0.717) is 19.4 Å². The molecule has 6 nitrogen and oxygen atoms in total. The summed E-state index contributed by atoms with van der Waals surface area (Å²) in [5.74, 6) is -0.0520. The molecular formula is C17H21N3O3S. The van der Waals surface area contributed by atoms with Gasteiger partial charge in [0.1, 0.15) is 0 Å². The van der Waals surface area contributed by atoms with Crippen molar-refractivity contribution >= 4 is 15.9 Å². The molecule has 0 unspecified atom stereocenters. The van der Waals surface area contributed by atoms with Crippen molar-refractivity contribution in [1.82, 2.24) is 14.6 Å². The maximum absolute atomic E-state index is 12.0. The standard InChI is InChI=1S/C17H21N3O3S/c1-20(2)24(22,23)16-8-5-14(6-9-16)7-10-17(21)19-13-15-4-3-11-18-12-15/h3-6,8-9,11-12H,7,10,13H2,1-2H3,(H,19,21). The summed E-state index contributed by atoms with van der Waals surface area (Å²) < 4.78 is 25.1. The number of hydrogen-bond acceptors (Lipinski definition) is 4. The molecule has 2 aromatic rings. The Bertz CT molecular complexity index is 772. The summed E-state index contributed by atoms with van der Waals surface area (Å²) in [5.41, 5.74) is 1.87. The van der Waals surface area contributed by atoms with Gasteiger partial charge in [-0.15, -0.1) is 0 Å². The molecule has 24 heavy (non-hydrogen) atoms. The first kappa shape index (κ1) is 18.1. The molecule has 0 saturated heterocycles. The van der Waals surface area contributed by atoms with Gasteiger partial charge >= 0.3 is 0 Å². The molecule has 0 bridgehead atoms. The molecule has 1 heterocycles. The number of nitrogens with one attached hydrogen (secondary N) is 1. The van der Waals surface area contributed by atoms with Gasteiger partial charge in [-0.2, -0.15) is 0 Å². The van der Waals surface area contributed by atoms with Gasteiger partial charge in [0.05, 0.1) is 4.90 Å². The topological polar surface area (TPSA) is 79.4 Å². The quantitative estimate of drug-likeness (QED) is 0.825. The number of nitrogens with zero attached hydrogens (tertiary/aromatic N) is 2. The first-order valence-electron chi connectivity index (χ1n) is 7.56. The molecule has 1 amide bonds. The lowest BCUT2D eigenvalue weighted by atomic mass is 10.1. The summed E-state index contributed by atoms with van der Waals surface area (Å²) in [4.78, 5) is 16.1. The van der Waals surface area contributed by atoms with Gasteiger partial charge in [0, 0.05) is 39.5 Å². The van der Waals surface area contributed by atoms with E-state index in [0.717, 1.165) is 11.1 Å². The summed E-state index contributed by atoms with van der Waals surface area (Å²) in [7, 11) is -0.424. The van der Waals surface area contributed by atoms with E-state index in [2.05, 4.69) is 10.3 Å². The van der Waals surface area contributed by atoms with E-state index in [1.54, 1.807) is 36.7 Å². The Labute approximate surface area is 142 Å². The van der Waals surface area contributed by atoms with E-state index < -0.39 is 10.0 Å². The summed E-state index contributed by atoms with van der Waals surface area (Å²) in [6.45, 7) is 0.451. The Morgan fingerprint density at radius 3 is 2.42 bits per heavy atom. The lowest BCUT2D eigenvalue weighted by Crippen LogP contribution is -2.23. The third-order valence-corrected chi connectivity index (χ3v) is 5.38. The van der Waals surface area contributed by atoms with E-state index >= 15 is 0 Å². The van der Waals surface area contributed by atoms with E-state index in [9.17, 15) is 13.2 Å². The van der Waals surface area contributed by atoms with Gasteiger partial charge in [-0.25, -0.2) is 12.7 Å². The van der Waals surface area contributed by atoms with E-state index in [1.807, 2.05) is 12.1 Å². The Morgan fingerprint density at radius 2 is 1.83 bits per heavy atom. The zero-order valence-corrected chi connectivity index (χ0v) is 14.6. The normalized spacial score (nSPS) is 11.5. The van der Waals surface area contributed by atoms with Crippen LogP contribution in [0.3, 0.4) is 0 Å². The van der Waals surface area contributed by atoms with Gasteiger partial charge in [0.25, 0.3) is 0 Å². The van der Waals surface area contributed by atoms with Crippen LogP contribution >= 0.6 is 0 Å². The van der Waals surface area contributed by atoms with Gasteiger partial charge in [0.15, 0.2) is 0 Å². The van der Waals surface area contributed by atoms with E-state index in [1.165, 1.54) is 18.4 Å². The molecule has 0 spiro atoms. The zero-order chi connectivity index (χ0) is 17.6. The summed E-state index contributed by atoms with van der Waals surface area (Å²) in [5, 5.41) is 2.84. The van der Waals surface area contributed by atoms with Gasteiger partial charge in [-0.3, -0.25) is 9.78 Å². The molecule has 0 aliphatic heterocycles. The number of carbonyl (C=O) groups is 1. The van der Waals surface area contributed by atoms with Crippen LogP contribution in [0, 0.1) is 0 Å². The molecule has 0 atom stereocenters. The first-order chi connectivity index (χ1) is 11.4. The van der Waals surface area contributed by atoms with Gasteiger partial charge in [-0.05, 0) is 35.7 Å². The van der Waals surface area contributed by atoms with Gasteiger partial charge < -0.3 is 5.32 Å². The van der Waals surface area contributed by atoms with Crippen molar-refractivity contribution in [2.24, 2.45) is 0 Å². The number of carbonyl (C=O) groups excluding carboxylic acids is 1. The number of benzene rings is 1. The van der Waals surface area contributed by atoms with E-state index in [-0.39, 0.29) is 10.8 Å². The molecule has 7 heteroatoms. The largest absolute Gasteiger partial charge is 0.352 e. The fourth-order valence-corrected chi connectivity index (χ4v) is 2.99. The van der Waals surface area contributed by atoms with Crippen LogP contribution in [0.15, 0.2) is 53.7 Å². The van der Waals surface area contributed by atoms with Crippen molar-refractivity contribution in [1.29, 1.82) is 0 Å². The molecule has 0 fully saturated rings. The Hall–Kier alpha value is -2.25. The molecular weight excluding hydrogens is 326 g/mol. The minimum atomic E-state index is -3.42. The molecule has 0 radical (unpaired) electrons. The summed E-state index contributed by atoms with van der Waals surface area (Å²) in [6.07, 6.45) is 4.30. The smallest absolute Gasteiger partial charge is 0.242 e. The predicted octanol–water partition coefficient (Wildman–Crippen LogP) is 1.58. The van der Waals surface area contributed by atoms with Crippen LogP contribution < -0.4 is 5.32 Å². The number of sulfonamides is 1. The first-order valence-corrected chi connectivity index (χ1v) is 9.00. The fourth-order valence-electron chi connectivity index (χ4n) is 2.09. The molecule has 1 aromatic heterocycles. The monoisotopic (exact) mass is 347 g/mol. The molecule has 128 valence electrons. The molecule has 0 aliphatic carbocycles. The minimum Gasteiger partial charge on any atom is -0.352 e. The third-order valence-electron chi connectivity index (χ3n) is 3.56. The lowest BCUT2D eigenvalue weighted by molar-refractivity contribution is -0.121. The van der Waals surface area contributed by atoms with Gasteiger partial charge in [-0.1, -0.05) is 18.2 Å². The van der Waals surface area contributed by atoms with Crippen LogP contribution in [0.25, 0.3) is 0 Å². The maximum Gasteiger partial charge on any atom is 0.242 e. The second kappa shape index (κ2) is 8.03. The van der Waals surface area contributed by atoms with Crippen LogP contribution in [-0.4, -0.2) is 37.7 Å². The van der Waals surface area contributed by atoms with Crippen molar-refractivity contribution < 1.29 is 13.2 Å². The predicted molar refractivity (Wildman–Crippen MR) is 91.7 cm³/mol. The average molecular weight is 347 g/mol. The minimum absolute atomic E-state index is 0.0520. The van der Waals surface area contributed by atoms with Crippen LogP contribution in [0.5, 0.6) is 0 Å². The lowest BCUT2D eigenvalue weighted by Gasteiger charge is -2.11. The Kier molecular flexibility index (Phi) is 6.05. The highest BCUT2D eigenvalue weighted by Gasteiger charge is 2.16. The number of aryl methyl sites for hydroxylation is 1. The highest BCUT2D eigenvalue weighted by Crippen LogP contribution is 2.14. The van der Waals surface area contributed by atoms with Crippen LogP contribution in [0.1, 0.15) is 17.5 Å². The zero-order valence-electron chi connectivity index (χ0n) is 13.8. The molecule has 1 aromatic carbocycles. The fraction of sp³-hybridized carbons (Fsp3) is 0.294. The molecule has 2 rings (SSSR count). The number of aromatic nitrogens is 1. The van der Waals surface area contributed by atoms with Crippen LogP contribution in [-0.2, 0) is 27.8 Å². The molecule has 0 aliphatic rings.